The second-order valence-corrected chi connectivity index (χ2v) is 6.23. The highest BCUT2D eigenvalue weighted by Crippen LogP contribution is 2.23. The highest BCUT2D eigenvalue weighted by molar-refractivity contribution is 7.92. The Morgan fingerprint density at radius 3 is 2.38 bits per heavy atom. The molecule has 0 amide bonds. The molecule has 0 spiro atoms. The summed E-state index contributed by atoms with van der Waals surface area (Å²) in [5.41, 5.74) is -0.605. The van der Waals surface area contributed by atoms with Gasteiger partial charge in [-0.25, -0.2) is 13.2 Å². The van der Waals surface area contributed by atoms with E-state index in [0.29, 0.717) is 12.1 Å². The van der Waals surface area contributed by atoms with Gasteiger partial charge < -0.3 is 4.74 Å². The molecule has 0 aliphatic rings. The number of anilines is 1. The van der Waals surface area contributed by atoms with Crippen molar-refractivity contribution in [2.24, 2.45) is 0 Å². The van der Waals surface area contributed by atoms with Crippen LogP contribution in [0.15, 0.2) is 47.4 Å². The normalized spacial score (nSPS) is 10.9. The van der Waals surface area contributed by atoms with Crippen LogP contribution in [-0.2, 0) is 14.8 Å². The van der Waals surface area contributed by atoms with E-state index < -0.39 is 37.3 Å². The Morgan fingerprint density at radius 1 is 1.21 bits per heavy atom. The zero-order valence-electron chi connectivity index (χ0n) is 12.2. The Hall–Kier alpha value is -3.01. The number of benzene rings is 2. The molecular formula is C14H11FN2O6S. The monoisotopic (exact) mass is 354 g/mol. The number of sulfonamides is 1. The van der Waals surface area contributed by atoms with E-state index in [1.165, 1.54) is 31.4 Å². The van der Waals surface area contributed by atoms with E-state index in [1.807, 2.05) is 0 Å². The number of rotatable bonds is 5. The van der Waals surface area contributed by atoms with Crippen LogP contribution in [0.25, 0.3) is 0 Å². The quantitative estimate of drug-likeness (QED) is 0.500. The van der Waals surface area contributed by atoms with Crippen molar-refractivity contribution in [1.82, 2.24) is 0 Å². The first-order valence-corrected chi connectivity index (χ1v) is 7.88. The van der Waals surface area contributed by atoms with E-state index in [0.717, 1.165) is 6.07 Å². The molecule has 1 N–H and O–H groups in total. The van der Waals surface area contributed by atoms with Gasteiger partial charge in [0, 0.05) is 11.8 Å². The molecule has 8 nitrogen and oxygen atoms in total. The fourth-order valence-corrected chi connectivity index (χ4v) is 2.88. The van der Waals surface area contributed by atoms with E-state index in [1.54, 1.807) is 0 Å². The summed E-state index contributed by atoms with van der Waals surface area (Å²) in [4.78, 5) is 20.5. The minimum absolute atomic E-state index is 0.120. The fourth-order valence-electron chi connectivity index (χ4n) is 1.81. The molecule has 0 saturated heterocycles. The molecule has 0 radical (unpaired) electrons. The number of esters is 1. The molecule has 126 valence electrons. The fraction of sp³-hybridized carbons (Fsp3) is 0.0714. The Labute approximate surface area is 136 Å². The highest BCUT2D eigenvalue weighted by Gasteiger charge is 2.21. The zero-order valence-corrected chi connectivity index (χ0v) is 13.0. The predicted octanol–water partition coefficient (Wildman–Crippen LogP) is 2.32. The van der Waals surface area contributed by atoms with Gasteiger partial charge in [-0.05, 0) is 36.4 Å². The number of carbonyl (C=O) groups is 1. The third kappa shape index (κ3) is 3.66. The minimum Gasteiger partial charge on any atom is -0.465 e. The Balaban J connectivity index is 2.30. The van der Waals surface area contributed by atoms with Gasteiger partial charge in [-0.15, -0.1) is 0 Å². The maximum Gasteiger partial charge on any atom is 0.337 e. The van der Waals surface area contributed by atoms with Crippen LogP contribution in [0.1, 0.15) is 10.4 Å². The molecule has 2 rings (SSSR count). The molecule has 0 aliphatic carbocycles. The second-order valence-electron chi connectivity index (χ2n) is 4.54. The number of halogens is 1. The number of ether oxygens (including phenoxy) is 1. The lowest BCUT2D eigenvalue weighted by molar-refractivity contribution is -0.387. The van der Waals surface area contributed by atoms with Crippen molar-refractivity contribution < 1.29 is 27.3 Å². The average Bonchev–Trinajstić information content (AvgIpc) is 2.54. The van der Waals surface area contributed by atoms with E-state index >= 15 is 0 Å². The average molecular weight is 354 g/mol. The van der Waals surface area contributed by atoms with Gasteiger partial charge in [0.2, 0.25) is 5.82 Å². The van der Waals surface area contributed by atoms with Crippen LogP contribution in [0.2, 0.25) is 0 Å². The maximum atomic E-state index is 13.3. The number of nitro groups is 1. The summed E-state index contributed by atoms with van der Waals surface area (Å²) in [7, 11) is -2.95. The minimum atomic E-state index is -4.16. The van der Waals surface area contributed by atoms with Crippen LogP contribution < -0.4 is 4.72 Å². The van der Waals surface area contributed by atoms with Crippen LogP contribution in [0.4, 0.5) is 15.8 Å². The van der Waals surface area contributed by atoms with Gasteiger partial charge in [0.15, 0.2) is 0 Å². The van der Waals surface area contributed by atoms with E-state index in [4.69, 9.17) is 0 Å². The topological polar surface area (TPSA) is 116 Å². The number of nitro benzene ring substituents is 1. The molecule has 0 atom stereocenters. The summed E-state index contributed by atoms with van der Waals surface area (Å²) < 4.78 is 44.4. The number of methoxy groups -OCH3 is 1. The number of carbonyl (C=O) groups excluding carboxylic acids is 1. The predicted molar refractivity (Wildman–Crippen MR) is 81.6 cm³/mol. The van der Waals surface area contributed by atoms with Crippen molar-refractivity contribution in [2.45, 2.75) is 4.90 Å². The first-order valence-electron chi connectivity index (χ1n) is 6.40. The highest BCUT2D eigenvalue weighted by atomic mass is 32.2. The maximum absolute atomic E-state index is 13.3. The molecule has 0 saturated carbocycles. The molecule has 0 fully saturated rings. The van der Waals surface area contributed by atoms with Gasteiger partial charge in [-0.3, -0.25) is 14.8 Å². The van der Waals surface area contributed by atoms with E-state index in [9.17, 15) is 27.7 Å². The lowest BCUT2D eigenvalue weighted by atomic mass is 10.2. The summed E-state index contributed by atoms with van der Waals surface area (Å²) in [5, 5.41) is 10.7. The standard InChI is InChI=1S/C14H11FN2O6S/c1-23-14(18)9-2-4-10(5-3-9)16-24(21,22)11-6-7-12(15)13(8-11)17(19)20/h2-8,16H,1H3. The van der Waals surface area contributed by atoms with Gasteiger partial charge in [0.1, 0.15) is 0 Å². The first kappa shape index (κ1) is 17.3. The molecule has 2 aromatic rings. The molecule has 10 heteroatoms. The SMILES string of the molecule is COC(=O)c1ccc(NS(=O)(=O)c2ccc(F)c([N+](=O)[O-])c2)cc1. The second kappa shape index (κ2) is 6.62. The Kier molecular flexibility index (Phi) is 4.79. The van der Waals surface area contributed by atoms with Crippen molar-refractivity contribution in [3.8, 4) is 0 Å². The number of nitrogens with one attached hydrogen (secondary N) is 1. The van der Waals surface area contributed by atoms with Crippen LogP contribution in [-0.4, -0.2) is 26.4 Å². The molecular weight excluding hydrogens is 343 g/mol. The van der Waals surface area contributed by atoms with Crippen LogP contribution in [0.5, 0.6) is 0 Å². The molecule has 2 aromatic carbocycles. The number of hydrogen-bond donors (Lipinski definition) is 1. The van der Waals surface area contributed by atoms with Crippen molar-refractivity contribution in [3.05, 3.63) is 64.0 Å². The third-order valence-electron chi connectivity index (χ3n) is 2.98. The first-order chi connectivity index (χ1) is 11.2. The lowest BCUT2D eigenvalue weighted by Crippen LogP contribution is -2.13. The van der Waals surface area contributed by atoms with Crippen LogP contribution >= 0.6 is 0 Å². The Morgan fingerprint density at radius 2 is 1.83 bits per heavy atom. The van der Waals surface area contributed by atoms with Crippen molar-refractivity contribution in [1.29, 1.82) is 0 Å². The Bertz CT molecular complexity index is 896. The molecule has 0 bridgehead atoms. The van der Waals surface area contributed by atoms with Crippen molar-refractivity contribution >= 4 is 27.4 Å². The van der Waals surface area contributed by atoms with E-state index in [-0.39, 0.29) is 11.3 Å². The lowest BCUT2D eigenvalue weighted by Gasteiger charge is -2.08. The van der Waals surface area contributed by atoms with Gasteiger partial charge in [-0.2, -0.15) is 4.39 Å². The van der Waals surface area contributed by atoms with Gasteiger partial charge >= 0.3 is 11.7 Å². The van der Waals surface area contributed by atoms with Gasteiger partial charge in [-0.1, -0.05) is 0 Å². The number of hydrogen-bond acceptors (Lipinski definition) is 6. The molecule has 24 heavy (non-hydrogen) atoms. The summed E-state index contributed by atoms with van der Waals surface area (Å²) in [5.74, 6) is -1.72. The van der Waals surface area contributed by atoms with Crippen molar-refractivity contribution in [3.63, 3.8) is 0 Å². The molecule has 0 unspecified atom stereocenters. The molecule has 0 aliphatic heterocycles. The smallest absolute Gasteiger partial charge is 0.337 e. The van der Waals surface area contributed by atoms with Gasteiger partial charge in [0.25, 0.3) is 10.0 Å². The molecule has 0 aromatic heterocycles. The zero-order chi connectivity index (χ0) is 17.9. The van der Waals surface area contributed by atoms with Crippen molar-refractivity contribution in [2.75, 3.05) is 11.8 Å². The summed E-state index contributed by atoms with van der Waals surface area (Å²) in [6.45, 7) is 0. The third-order valence-corrected chi connectivity index (χ3v) is 4.36. The molecule has 0 heterocycles. The summed E-state index contributed by atoms with van der Waals surface area (Å²) in [6, 6.07) is 7.57. The van der Waals surface area contributed by atoms with Crippen LogP contribution in [0.3, 0.4) is 0 Å². The van der Waals surface area contributed by atoms with Crippen LogP contribution in [0, 0.1) is 15.9 Å². The summed E-state index contributed by atoms with van der Waals surface area (Å²) >= 11 is 0. The van der Waals surface area contributed by atoms with E-state index in [2.05, 4.69) is 9.46 Å². The largest absolute Gasteiger partial charge is 0.465 e. The number of nitrogens with zero attached hydrogens (tertiary/aromatic N) is 1. The summed E-state index contributed by atoms with van der Waals surface area (Å²) in [6.07, 6.45) is 0. The van der Waals surface area contributed by atoms with Gasteiger partial charge in [0.05, 0.1) is 22.5 Å².